The van der Waals surface area contributed by atoms with Gasteiger partial charge in [-0.15, -0.1) is 0 Å². The van der Waals surface area contributed by atoms with Gasteiger partial charge in [-0.2, -0.15) is 5.10 Å². The van der Waals surface area contributed by atoms with Crippen molar-refractivity contribution in [2.45, 2.75) is 44.7 Å². The SMILES string of the molecule is C[C@@H](C1CC1)N(CC(=O)Nc1cc(Cl)ccc1-n1cncn1)C1CC1. The lowest BCUT2D eigenvalue weighted by molar-refractivity contribution is -0.118. The van der Waals surface area contributed by atoms with Crippen LogP contribution in [0.2, 0.25) is 5.02 Å². The molecule has 1 atom stereocenters. The van der Waals surface area contributed by atoms with Gasteiger partial charge >= 0.3 is 0 Å². The van der Waals surface area contributed by atoms with Crippen molar-refractivity contribution in [2.24, 2.45) is 5.92 Å². The molecule has 1 amide bonds. The van der Waals surface area contributed by atoms with Crippen LogP contribution < -0.4 is 5.32 Å². The van der Waals surface area contributed by atoms with Crippen molar-refractivity contribution >= 4 is 23.2 Å². The summed E-state index contributed by atoms with van der Waals surface area (Å²) in [7, 11) is 0. The van der Waals surface area contributed by atoms with Crippen molar-refractivity contribution < 1.29 is 4.79 Å². The third-order valence-electron chi connectivity index (χ3n) is 5.07. The van der Waals surface area contributed by atoms with E-state index < -0.39 is 0 Å². The number of hydrogen-bond acceptors (Lipinski definition) is 4. The van der Waals surface area contributed by atoms with E-state index in [4.69, 9.17) is 11.6 Å². The van der Waals surface area contributed by atoms with Gasteiger partial charge in [0.15, 0.2) is 0 Å². The minimum Gasteiger partial charge on any atom is -0.323 e. The number of rotatable bonds is 7. The topological polar surface area (TPSA) is 63.1 Å². The van der Waals surface area contributed by atoms with Gasteiger partial charge in [0, 0.05) is 17.1 Å². The first-order valence-corrected chi connectivity index (χ1v) is 9.20. The highest BCUT2D eigenvalue weighted by Gasteiger charge is 2.39. The molecule has 132 valence electrons. The number of anilines is 1. The summed E-state index contributed by atoms with van der Waals surface area (Å²) < 4.78 is 1.62. The number of nitrogens with one attached hydrogen (secondary N) is 1. The summed E-state index contributed by atoms with van der Waals surface area (Å²) >= 11 is 6.12. The van der Waals surface area contributed by atoms with E-state index in [1.54, 1.807) is 23.1 Å². The van der Waals surface area contributed by atoms with Gasteiger partial charge in [0.2, 0.25) is 5.91 Å². The van der Waals surface area contributed by atoms with Gasteiger partial charge in [0.25, 0.3) is 0 Å². The molecule has 2 saturated carbocycles. The summed E-state index contributed by atoms with van der Waals surface area (Å²) in [6.45, 7) is 2.68. The molecule has 1 N–H and O–H groups in total. The zero-order valence-corrected chi connectivity index (χ0v) is 15.0. The predicted octanol–water partition coefficient (Wildman–Crippen LogP) is 3.12. The van der Waals surface area contributed by atoms with Gasteiger partial charge in [-0.05, 0) is 56.7 Å². The molecule has 0 saturated heterocycles. The van der Waals surface area contributed by atoms with Crippen LogP contribution in [-0.4, -0.2) is 44.2 Å². The summed E-state index contributed by atoms with van der Waals surface area (Å²) in [4.78, 5) is 19.0. The molecule has 0 unspecified atom stereocenters. The van der Waals surface area contributed by atoms with Crippen LogP contribution in [0.1, 0.15) is 32.6 Å². The molecule has 0 aliphatic heterocycles. The molecule has 2 fully saturated rings. The number of hydrogen-bond donors (Lipinski definition) is 1. The second-order valence-corrected chi connectivity index (χ2v) is 7.47. The third-order valence-corrected chi connectivity index (χ3v) is 5.30. The van der Waals surface area contributed by atoms with E-state index in [1.165, 1.54) is 32.0 Å². The van der Waals surface area contributed by atoms with Gasteiger partial charge in [0.1, 0.15) is 12.7 Å². The monoisotopic (exact) mass is 359 g/mol. The Kier molecular flexibility index (Phi) is 4.48. The number of carbonyl (C=O) groups is 1. The molecule has 1 aromatic heterocycles. The quantitative estimate of drug-likeness (QED) is 0.825. The molecule has 2 aromatic rings. The van der Waals surface area contributed by atoms with Crippen LogP contribution >= 0.6 is 11.6 Å². The predicted molar refractivity (Wildman–Crippen MR) is 96.9 cm³/mol. The zero-order chi connectivity index (χ0) is 17.4. The van der Waals surface area contributed by atoms with Crippen molar-refractivity contribution in [3.8, 4) is 5.69 Å². The molecule has 7 heteroatoms. The van der Waals surface area contributed by atoms with Crippen LogP contribution in [0.5, 0.6) is 0 Å². The van der Waals surface area contributed by atoms with E-state index in [1.807, 2.05) is 6.07 Å². The molecule has 2 aliphatic carbocycles. The standard InChI is InChI=1S/C18H22ClN5O/c1-12(13-2-3-13)23(15-5-6-15)9-18(25)22-16-8-14(19)4-7-17(16)24-11-20-10-21-24/h4,7-8,10-13,15H,2-3,5-6,9H2,1H3,(H,22,25)/t12-/m0/s1. The van der Waals surface area contributed by atoms with E-state index in [9.17, 15) is 4.79 Å². The number of benzene rings is 1. The first-order valence-electron chi connectivity index (χ1n) is 8.82. The second-order valence-electron chi connectivity index (χ2n) is 7.03. The third kappa shape index (κ3) is 3.85. The lowest BCUT2D eigenvalue weighted by Crippen LogP contribution is -2.42. The summed E-state index contributed by atoms with van der Waals surface area (Å²) in [5, 5.41) is 7.73. The van der Waals surface area contributed by atoms with Crippen LogP contribution in [0.4, 0.5) is 5.69 Å². The van der Waals surface area contributed by atoms with Gasteiger partial charge in [-0.25, -0.2) is 9.67 Å². The first-order chi connectivity index (χ1) is 12.1. The van der Waals surface area contributed by atoms with E-state index in [2.05, 4.69) is 27.2 Å². The Morgan fingerprint density at radius 3 is 2.84 bits per heavy atom. The summed E-state index contributed by atoms with van der Waals surface area (Å²) in [6, 6.07) is 6.41. The molecular weight excluding hydrogens is 338 g/mol. The number of halogens is 1. The summed E-state index contributed by atoms with van der Waals surface area (Å²) in [5.41, 5.74) is 1.40. The zero-order valence-electron chi connectivity index (χ0n) is 14.2. The van der Waals surface area contributed by atoms with Crippen molar-refractivity contribution in [3.63, 3.8) is 0 Å². The Balaban J connectivity index is 1.49. The van der Waals surface area contributed by atoms with Crippen LogP contribution in [0.3, 0.4) is 0 Å². The molecule has 0 bridgehead atoms. The Bertz CT molecular complexity index is 755. The lowest BCUT2D eigenvalue weighted by Gasteiger charge is -2.28. The maximum atomic E-state index is 12.7. The van der Waals surface area contributed by atoms with Gasteiger partial charge in [-0.1, -0.05) is 11.6 Å². The minimum absolute atomic E-state index is 0.0111. The Morgan fingerprint density at radius 2 is 2.20 bits per heavy atom. The average molecular weight is 360 g/mol. The number of amides is 1. The number of nitrogens with zero attached hydrogens (tertiary/aromatic N) is 4. The van der Waals surface area contributed by atoms with Crippen LogP contribution in [0.25, 0.3) is 5.69 Å². The molecule has 0 radical (unpaired) electrons. The van der Waals surface area contributed by atoms with Crippen molar-refractivity contribution in [2.75, 3.05) is 11.9 Å². The molecule has 1 aromatic carbocycles. The van der Waals surface area contributed by atoms with Gasteiger partial charge in [-0.3, -0.25) is 9.69 Å². The van der Waals surface area contributed by atoms with Crippen molar-refractivity contribution in [3.05, 3.63) is 35.9 Å². The van der Waals surface area contributed by atoms with E-state index in [0.717, 1.165) is 11.6 Å². The van der Waals surface area contributed by atoms with E-state index in [-0.39, 0.29) is 5.91 Å². The van der Waals surface area contributed by atoms with Crippen LogP contribution in [0.15, 0.2) is 30.9 Å². The average Bonchev–Trinajstić information content (AvgIpc) is 3.51. The Labute approximate surface area is 152 Å². The Morgan fingerprint density at radius 1 is 1.40 bits per heavy atom. The highest BCUT2D eigenvalue weighted by atomic mass is 35.5. The van der Waals surface area contributed by atoms with Crippen molar-refractivity contribution in [1.29, 1.82) is 0 Å². The number of aromatic nitrogens is 3. The fraction of sp³-hybridized carbons (Fsp3) is 0.500. The largest absolute Gasteiger partial charge is 0.323 e. The molecule has 25 heavy (non-hydrogen) atoms. The fourth-order valence-electron chi connectivity index (χ4n) is 3.36. The maximum Gasteiger partial charge on any atom is 0.238 e. The smallest absolute Gasteiger partial charge is 0.238 e. The minimum atomic E-state index is -0.0111. The highest BCUT2D eigenvalue weighted by molar-refractivity contribution is 6.31. The molecular formula is C18H22ClN5O. The second kappa shape index (κ2) is 6.77. The van der Waals surface area contributed by atoms with Crippen LogP contribution in [-0.2, 0) is 4.79 Å². The van der Waals surface area contributed by atoms with Crippen molar-refractivity contribution in [1.82, 2.24) is 19.7 Å². The molecule has 1 heterocycles. The van der Waals surface area contributed by atoms with E-state index >= 15 is 0 Å². The van der Waals surface area contributed by atoms with Gasteiger partial charge in [0.05, 0.1) is 17.9 Å². The molecule has 0 spiro atoms. The first kappa shape index (κ1) is 16.5. The normalized spacial score (nSPS) is 18.4. The molecule has 2 aliphatic rings. The molecule has 6 nitrogen and oxygen atoms in total. The van der Waals surface area contributed by atoms with Crippen LogP contribution in [0, 0.1) is 5.92 Å². The summed E-state index contributed by atoms with van der Waals surface area (Å²) in [5.74, 6) is 0.744. The number of carbonyl (C=O) groups excluding carboxylic acids is 1. The maximum absolute atomic E-state index is 12.7. The van der Waals surface area contributed by atoms with E-state index in [0.29, 0.717) is 29.3 Å². The fourth-order valence-corrected chi connectivity index (χ4v) is 3.53. The summed E-state index contributed by atoms with van der Waals surface area (Å²) in [6.07, 6.45) is 8.04. The highest BCUT2D eigenvalue weighted by Crippen LogP contribution is 2.39. The molecule has 4 rings (SSSR count). The lowest BCUT2D eigenvalue weighted by atomic mass is 10.1. The Hall–Kier alpha value is -1.92. The van der Waals surface area contributed by atoms with Gasteiger partial charge < -0.3 is 5.32 Å².